The molecule has 0 aliphatic heterocycles. The predicted octanol–water partition coefficient (Wildman–Crippen LogP) is 2.13. The van der Waals surface area contributed by atoms with Gasteiger partial charge in [-0.3, -0.25) is 0 Å². The zero-order valence-electron chi connectivity index (χ0n) is 6.31. The van der Waals surface area contributed by atoms with Gasteiger partial charge in [0.1, 0.15) is 0 Å². The Kier molecular flexibility index (Phi) is 3.23. The second-order valence-electron chi connectivity index (χ2n) is 2.90. The number of hydrogen-bond donors (Lipinski definition) is 1. The monoisotopic (exact) mass is 159 g/mol. The largest absolute Gasteiger partial charge is 0.310 e. The van der Waals surface area contributed by atoms with Crippen molar-refractivity contribution < 1.29 is 0 Å². The maximum absolute atomic E-state index is 5.36. The molecule has 0 spiro atoms. The van der Waals surface area contributed by atoms with E-state index in [2.05, 4.69) is 12.2 Å². The Hall–Kier alpha value is -0.0100. The maximum Gasteiger partial charge on any atom is 0.0149 e. The van der Waals surface area contributed by atoms with Gasteiger partial charge in [-0.25, -0.2) is 0 Å². The minimum Gasteiger partial charge on any atom is -0.310 e. The van der Waals surface area contributed by atoms with Crippen LogP contribution in [0.5, 0.6) is 0 Å². The van der Waals surface area contributed by atoms with Crippen LogP contribution in [0.15, 0.2) is 11.6 Å². The zero-order chi connectivity index (χ0) is 7.40. The molecule has 2 heteroatoms. The average molecular weight is 160 g/mol. The van der Waals surface area contributed by atoms with E-state index in [9.17, 15) is 0 Å². The molecule has 1 atom stereocenters. The maximum atomic E-state index is 5.36. The molecule has 1 saturated carbocycles. The Morgan fingerprint density at radius 2 is 2.40 bits per heavy atom. The van der Waals surface area contributed by atoms with Gasteiger partial charge in [-0.2, -0.15) is 0 Å². The number of rotatable bonds is 4. The molecule has 0 saturated heterocycles. The molecule has 0 radical (unpaired) electrons. The van der Waals surface area contributed by atoms with Gasteiger partial charge in [0.25, 0.3) is 0 Å². The van der Waals surface area contributed by atoms with E-state index in [0.29, 0.717) is 6.04 Å². The molecule has 58 valence electrons. The highest BCUT2D eigenvalue weighted by Crippen LogP contribution is 2.32. The third kappa shape index (κ3) is 2.72. The van der Waals surface area contributed by atoms with Crippen molar-refractivity contribution in [1.82, 2.24) is 5.32 Å². The first-order chi connectivity index (χ1) is 4.84. The molecule has 0 aromatic rings. The summed E-state index contributed by atoms with van der Waals surface area (Å²) in [7, 11) is 0. The lowest BCUT2D eigenvalue weighted by Gasteiger charge is -2.09. The molecule has 1 unspecified atom stereocenters. The van der Waals surface area contributed by atoms with Crippen LogP contribution in [0, 0.1) is 5.92 Å². The Balaban J connectivity index is 2.00. The van der Waals surface area contributed by atoms with Crippen molar-refractivity contribution in [2.45, 2.75) is 25.8 Å². The summed E-state index contributed by atoms with van der Waals surface area (Å²) in [5, 5.41) is 3.37. The van der Waals surface area contributed by atoms with Crippen LogP contribution in [0.2, 0.25) is 0 Å². The fraction of sp³-hybridized carbons (Fsp3) is 0.750. The van der Waals surface area contributed by atoms with Crippen molar-refractivity contribution in [3.8, 4) is 0 Å². The lowest BCUT2D eigenvalue weighted by atomic mass is 10.2. The minimum absolute atomic E-state index is 0.674. The van der Waals surface area contributed by atoms with Crippen LogP contribution in [0.1, 0.15) is 19.8 Å². The first kappa shape index (κ1) is 8.09. The van der Waals surface area contributed by atoms with Gasteiger partial charge in [-0.05, 0) is 25.7 Å². The third-order valence-electron chi connectivity index (χ3n) is 1.98. The molecule has 0 amide bonds. The van der Waals surface area contributed by atoms with E-state index in [1.807, 2.05) is 6.08 Å². The van der Waals surface area contributed by atoms with Gasteiger partial charge in [0.2, 0.25) is 0 Å². The van der Waals surface area contributed by atoms with E-state index in [1.165, 1.54) is 12.8 Å². The van der Waals surface area contributed by atoms with E-state index in [0.717, 1.165) is 12.5 Å². The van der Waals surface area contributed by atoms with Crippen LogP contribution in [-0.2, 0) is 0 Å². The van der Waals surface area contributed by atoms with Crippen molar-refractivity contribution >= 4 is 11.6 Å². The van der Waals surface area contributed by atoms with Gasteiger partial charge < -0.3 is 5.32 Å². The molecule has 1 aliphatic carbocycles. The van der Waals surface area contributed by atoms with Crippen molar-refractivity contribution in [3.63, 3.8) is 0 Å². The fourth-order valence-corrected chi connectivity index (χ4v) is 1.15. The minimum atomic E-state index is 0.674. The second-order valence-corrected chi connectivity index (χ2v) is 3.15. The predicted molar refractivity (Wildman–Crippen MR) is 45.2 cm³/mol. The van der Waals surface area contributed by atoms with E-state index < -0.39 is 0 Å². The molecule has 1 N–H and O–H groups in total. The number of halogens is 1. The lowest BCUT2D eigenvalue weighted by molar-refractivity contribution is 0.524. The van der Waals surface area contributed by atoms with Gasteiger partial charge in [0, 0.05) is 18.1 Å². The molecule has 1 fully saturated rings. The van der Waals surface area contributed by atoms with Crippen LogP contribution in [0.3, 0.4) is 0 Å². The molecule has 0 bridgehead atoms. The van der Waals surface area contributed by atoms with Gasteiger partial charge in [-0.15, -0.1) is 0 Å². The standard InChI is InChI=1S/C8H14ClN/c1-7(8-3-4-8)10-6-2-5-9/h2,5,7-8,10H,3-4,6H2,1H3/b5-2+. The SMILES string of the molecule is CC(NC/C=C/Cl)C1CC1. The average Bonchev–Trinajstić information content (AvgIpc) is 2.69. The van der Waals surface area contributed by atoms with Gasteiger partial charge in [0.05, 0.1) is 0 Å². The van der Waals surface area contributed by atoms with E-state index in [4.69, 9.17) is 11.6 Å². The molecular formula is C8H14ClN. The summed E-state index contributed by atoms with van der Waals surface area (Å²) < 4.78 is 0. The fourth-order valence-electron chi connectivity index (χ4n) is 1.06. The molecular weight excluding hydrogens is 146 g/mol. The molecule has 10 heavy (non-hydrogen) atoms. The van der Waals surface area contributed by atoms with Crippen LogP contribution in [0.4, 0.5) is 0 Å². The van der Waals surface area contributed by atoms with E-state index in [1.54, 1.807) is 5.54 Å². The summed E-state index contributed by atoms with van der Waals surface area (Å²) >= 11 is 5.36. The molecule has 1 aliphatic rings. The van der Waals surface area contributed by atoms with Crippen LogP contribution in [0.25, 0.3) is 0 Å². The van der Waals surface area contributed by atoms with E-state index >= 15 is 0 Å². The summed E-state index contributed by atoms with van der Waals surface area (Å²) in [6.07, 6.45) is 4.73. The molecule has 0 aromatic heterocycles. The summed E-state index contributed by atoms with van der Waals surface area (Å²) in [6, 6.07) is 0.674. The van der Waals surface area contributed by atoms with Crippen molar-refractivity contribution in [2.75, 3.05) is 6.54 Å². The van der Waals surface area contributed by atoms with Crippen molar-refractivity contribution in [2.24, 2.45) is 5.92 Å². The highest BCUT2D eigenvalue weighted by atomic mass is 35.5. The van der Waals surface area contributed by atoms with Crippen LogP contribution < -0.4 is 5.32 Å². The molecule has 0 aromatic carbocycles. The van der Waals surface area contributed by atoms with Crippen LogP contribution >= 0.6 is 11.6 Å². The Morgan fingerprint density at radius 1 is 1.70 bits per heavy atom. The van der Waals surface area contributed by atoms with Gasteiger partial charge in [0.15, 0.2) is 0 Å². The van der Waals surface area contributed by atoms with Gasteiger partial charge >= 0.3 is 0 Å². The van der Waals surface area contributed by atoms with Gasteiger partial charge in [-0.1, -0.05) is 17.7 Å². The number of hydrogen-bond acceptors (Lipinski definition) is 1. The smallest absolute Gasteiger partial charge is 0.0149 e. The van der Waals surface area contributed by atoms with Crippen molar-refractivity contribution in [1.29, 1.82) is 0 Å². The lowest BCUT2D eigenvalue weighted by Crippen LogP contribution is -2.27. The summed E-state index contributed by atoms with van der Waals surface area (Å²) in [6.45, 7) is 3.14. The third-order valence-corrected chi connectivity index (χ3v) is 2.15. The topological polar surface area (TPSA) is 12.0 Å². The van der Waals surface area contributed by atoms with Crippen molar-refractivity contribution in [3.05, 3.63) is 11.6 Å². The highest BCUT2D eigenvalue weighted by Gasteiger charge is 2.26. The Morgan fingerprint density at radius 3 is 2.90 bits per heavy atom. The Bertz CT molecular complexity index is 118. The first-order valence-corrected chi connectivity index (χ1v) is 4.27. The Labute approximate surface area is 67.5 Å². The van der Waals surface area contributed by atoms with Crippen LogP contribution in [-0.4, -0.2) is 12.6 Å². The quantitative estimate of drug-likeness (QED) is 0.663. The normalized spacial score (nSPS) is 21.8. The molecule has 0 heterocycles. The summed E-state index contributed by atoms with van der Waals surface area (Å²) in [5.41, 5.74) is 1.56. The highest BCUT2D eigenvalue weighted by molar-refractivity contribution is 6.25. The number of nitrogens with one attached hydrogen (secondary N) is 1. The summed E-state index contributed by atoms with van der Waals surface area (Å²) in [4.78, 5) is 0. The zero-order valence-corrected chi connectivity index (χ0v) is 7.06. The summed E-state index contributed by atoms with van der Waals surface area (Å²) in [5.74, 6) is 0.934. The molecule has 1 nitrogen and oxygen atoms in total. The van der Waals surface area contributed by atoms with E-state index in [-0.39, 0.29) is 0 Å². The molecule has 1 rings (SSSR count). The second kappa shape index (κ2) is 3.99. The first-order valence-electron chi connectivity index (χ1n) is 3.83.